The molecule has 0 aromatic heterocycles. The summed E-state index contributed by atoms with van der Waals surface area (Å²) in [5.74, 6) is -2.17. The van der Waals surface area contributed by atoms with Gasteiger partial charge in [0.1, 0.15) is 30.2 Å². The molecule has 5 N–H and O–H groups in total. The molecule has 1 aliphatic heterocycles. The van der Waals surface area contributed by atoms with Crippen molar-refractivity contribution in [1.82, 2.24) is 26.6 Å². The third kappa shape index (κ3) is 12.4. The molecule has 0 radical (unpaired) electrons. The average molecular weight is 600 g/mol. The molecule has 5 atom stereocenters. The summed E-state index contributed by atoms with van der Waals surface area (Å²) in [5, 5.41) is 14.3. The molecule has 0 saturated carbocycles. The van der Waals surface area contributed by atoms with Gasteiger partial charge in [-0.3, -0.25) is 24.0 Å². The molecular weight excluding hydrogens is 546 g/mol. The van der Waals surface area contributed by atoms with Crippen molar-refractivity contribution in [3.8, 4) is 0 Å². The van der Waals surface area contributed by atoms with E-state index in [0.717, 1.165) is 5.56 Å². The van der Waals surface area contributed by atoms with Crippen LogP contribution >= 0.6 is 0 Å². The summed E-state index contributed by atoms with van der Waals surface area (Å²) in [6.45, 7) is 15.6. The Balaban J connectivity index is 2.60. The Morgan fingerprint density at radius 3 is 0.977 bits per heavy atom. The van der Waals surface area contributed by atoms with Gasteiger partial charge in [-0.25, -0.2) is 0 Å². The summed E-state index contributed by atoms with van der Waals surface area (Å²) in [6, 6.07) is 4.66. The van der Waals surface area contributed by atoms with E-state index in [1.165, 1.54) is 0 Å². The van der Waals surface area contributed by atoms with Gasteiger partial charge in [0.15, 0.2) is 0 Å². The second kappa shape index (κ2) is 17.0. The van der Waals surface area contributed by atoms with E-state index < -0.39 is 59.7 Å². The highest BCUT2D eigenvalue weighted by molar-refractivity contribution is 5.98. The van der Waals surface area contributed by atoms with Crippen molar-refractivity contribution in [2.24, 2.45) is 23.7 Å². The van der Waals surface area contributed by atoms with E-state index in [-0.39, 0.29) is 30.1 Å². The summed E-state index contributed by atoms with van der Waals surface area (Å²) in [4.78, 5) is 68.2. The number of nitrogens with one attached hydrogen (secondary N) is 5. The fourth-order valence-corrected chi connectivity index (χ4v) is 5.23. The molecule has 240 valence electrons. The molecule has 1 heterocycles. The third-order valence-corrected chi connectivity index (χ3v) is 7.28. The van der Waals surface area contributed by atoms with Gasteiger partial charge in [0.2, 0.25) is 29.5 Å². The quantitative estimate of drug-likeness (QED) is 0.281. The van der Waals surface area contributed by atoms with Crippen LogP contribution in [0, 0.1) is 23.7 Å². The molecular formula is C33H53N5O5. The zero-order chi connectivity index (χ0) is 32.3. The van der Waals surface area contributed by atoms with Crippen molar-refractivity contribution < 1.29 is 24.0 Å². The molecule has 10 nitrogen and oxygen atoms in total. The van der Waals surface area contributed by atoms with Gasteiger partial charge in [-0.2, -0.15) is 0 Å². The van der Waals surface area contributed by atoms with E-state index in [2.05, 4.69) is 26.6 Å². The van der Waals surface area contributed by atoms with Crippen LogP contribution < -0.4 is 26.6 Å². The maximum Gasteiger partial charge on any atom is 0.243 e. The normalized spacial score (nSPS) is 24.7. The smallest absolute Gasteiger partial charge is 0.243 e. The van der Waals surface area contributed by atoms with Gasteiger partial charge in [-0.15, -0.1) is 0 Å². The Labute approximate surface area is 257 Å². The van der Waals surface area contributed by atoms with Crippen molar-refractivity contribution in [1.29, 1.82) is 0 Å². The molecule has 1 fully saturated rings. The van der Waals surface area contributed by atoms with E-state index in [9.17, 15) is 24.0 Å². The predicted molar refractivity (Wildman–Crippen MR) is 168 cm³/mol. The van der Waals surface area contributed by atoms with Crippen molar-refractivity contribution in [3.05, 3.63) is 35.9 Å². The number of benzene rings is 1. The Morgan fingerprint density at radius 2 is 0.698 bits per heavy atom. The molecule has 1 aromatic carbocycles. The highest BCUT2D eigenvalue weighted by Gasteiger charge is 2.35. The fourth-order valence-electron chi connectivity index (χ4n) is 5.23. The van der Waals surface area contributed by atoms with Crippen molar-refractivity contribution in [2.45, 2.75) is 118 Å². The van der Waals surface area contributed by atoms with Crippen LogP contribution in [0.3, 0.4) is 0 Å². The van der Waals surface area contributed by atoms with Crippen molar-refractivity contribution in [3.63, 3.8) is 0 Å². The van der Waals surface area contributed by atoms with Crippen LogP contribution in [-0.4, -0.2) is 59.7 Å². The Kier molecular flexibility index (Phi) is 14.1. The molecule has 0 spiro atoms. The fraction of sp³-hybridized carbons (Fsp3) is 0.667. The maximum atomic E-state index is 13.8. The summed E-state index contributed by atoms with van der Waals surface area (Å²) in [7, 11) is 0. The lowest BCUT2D eigenvalue weighted by Crippen LogP contribution is -2.58. The monoisotopic (exact) mass is 599 g/mol. The molecule has 2 rings (SSSR count). The van der Waals surface area contributed by atoms with Crippen LogP contribution in [0.5, 0.6) is 0 Å². The number of rotatable bonds is 10. The maximum absolute atomic E-state index is 13.8. The van der Waals surface area contributed by atoms with Gasteiger partial charge in [-0.1, -0.05) is 85.7 Å². The minimum Gasteiger partial charge on any atom is -0.343 e. The first kappa shape index (κ1) is 35.8. The average Bonchev–Trinajstić information content (AvgIpc) is 2.90. The topological polar surface area (TPSA) is 146 Å². The molecule has 1 saturated heterocycles. The summed E-state index contributed by atoms with van der Waals surface area (Å²) in [5.41, 5.74) is 0.832. The lowest BCUT2D eigenvalue weighted by molar-refractivity contribution is -0.134. The standard InChI is InChI=1S/C33H53N5O5/c1-19(2)14-24-29(39)34-25(15-20(3)4)30(40)36-27(17-22(7)8)32(42)38-28(18-23-12-10-9-11-13-23)33(43)37-26(16-21(5)6)31(41)35-24/h9-13,19-22,24-28H,14-18H2,1-8H3,(H,34,39)(H,35,41)(H,36,40)(H,37,43)(H,38,42)/t24-,25-,26-,27+,28-/m0/s1. The Hall–Kier alpha value is -3.43. The summed E-state index contributed by atoms with van der Waals surface area (Å²) < 4.78 is 0. The third-order valence-electron chi connectivity index (χ3n) is 7.28. The number of hydrogen-bond acceptors (Lipinski definition) is 5. The molecule has 0 aliphatic carbocycles. The van der Waals surface area contributed by atoms with E-state index in [1.54, 1.807) is 0 Å². The minimum absolute atomic E-state index is 0.0605. The molecule has 1 aliphatic rings. The molecule has 5 amide bonds. The molecule has 0 bridgehead atoms. The van der Waals surface area contributed by atoms with E-state index in [4.69, 9.17) is 0 Å². The summed E-state index contributed by atoms with van der Waals surface area (Å²) >= 11 is 0. The van der Waals surface area contributed by atoms with Crippen LogP contribution in [0.1, 0.15) is 86.6 Å². The SMILES string of the molecule is CC(C)C[C@@H]1NC(=O)[C@H](CC(C)C)NC(=O)[C@H](Cc2ccccc2)NC(=O)[C@@H](CC(C)C)NC(=O)[C@H](CC(C)C)NC1=O. The van der Waals surface area contributed by atoms with Gasteiger partial charge in [-0.05, 0) is 54.9 Å². The summed E-state index contributed by atoms with van der Waals surface area (Å²) in [6.07, 6.45) is 1.57. The van der Waals surface area contributed by atoms with E-state index in [1.807, 2.05) is 85.7 Å². The van der Waals surface area contributed by atoms with Gasteiger partial charge in [0, 0.05) is 6.42 Å². The molecule has 1 aromatic rings. The number of carbonyl (C=O) groups excluding carboxylic acids is 5. The van der Waals surface area contributed by atoms with Crippen LogP contribution in [0.4, 0.5) is 0 Å². The Morgan fingerprint density at radius 1 is 0.442 bits per heavy atom. The molecule has 0 unspecified atom stereocenters. The first-order chi connectivity index (χ1) is 20.2. The first-order valence-corrected chi connectivity index (χ1v) is 15.7. The first-order valence-electron chi connectivity index (χ1n) is 15.7. The van der Waals surface area contributed by atoms with Crippen LogP contribution in [0.25, 0.3) is 0 Å². The van der Waals surface area contributed by atoms with Gasteiger partial charge < -0.3 is 26.6 Å². The minimum atomic E-state index is -0.994. The van der Waals surface area contributed by atoms with Crippen molar-refractivity contribution >= 4 is 29.5 Å². The number of hydrogen-bond donors (Lipinski definition) is 5. The number of amides is 5. The van der Waals surface area contributed by atoms with E-state index >= 15 is 0 Å². The van der Waals surface area contributed by atoms with Gasteiger partial charge in [0.05, 0.1) is 0 Å². The zero-order valence-corrected chi connectivity index (χ0v) is 27.2. The van der Waals surface area contributed by atoms with Crippen LogP contribution in [0.15, 0.2) is 30.3 Å². The molecule has 10 heteroatoms. The Bertz CT molecular complexity index is 1070. The molecule has 43 heavy (non-hydrogen) atoms. The van der Waals surface area contributed by atoms with Crippen LogP contribution in [-0.2, 0) is 30.4 Å². The highest BCUT2D eigenvalue weighted by atomic mass is 16.2. The van der Waals surface area contributed by atoms with Crippen LogP contribution in [0.2, 0.25) is 0 Å². The van der Waals surface area contributed by atoms with E-state index in [0.29, 0.717) is 25.7 Å². The van der Waals surface area contributed by atoms with Gasteiger partial charge >= 0.3 is 0 Å². The highest BCUT2D eigenvalue weighted by Crippen LogP contribution is 2.14. The second-order valence-corrected chi connectivity index (χ2v) is 13.5. The largest absolute Gasteiger partial charge is 0.343 e. The van der Waals surface area contributed by atoms with Crippen molar-refractivity contribution in [2.75, 3.05) is 0 Å². The number of carbonyl (C=O) groups is 5. The lowest BCUT2D eigenvalue weighted by atomic mass is 9.98. The lowest BCUT2D eigenvalue weighted by Gasteiger charge is -2.27. The van der Waals surface area contributed by atoms with Gasteiger partial charge in [0.25, 0.3) is 0 Å². The predicted octanol–water partition coefficient (Wildman–Crippen LogP) is 2.85. The second-order valence-electron chi connectivity index (χ2n) is 13.5. The zero-order valence-electron chi connectivity index (χ0n) is 27.2.